The van der Waals surface area contributed by atoms with E-state index in [9.17, 15) is 4.39 Å². The highest BCUT2D eigenvalue weighted by molar-refractivity contribution is 7.99. The van der Waals surface area contributed by atoms with Gasteiger partial charge in [-0.15, -0.1) is 0 Å². The SMILES string of the molecule is Cc1cc(N[C@H]2CCSC2)ccc1F. The third-order valence-electron chi connectivity index (χ3n) is 2.46. The molecule has 0 bridgehead atoms. The van der Waals surface area contributed by atoms with Crippen LogP contribution in [0.4, 0.5) is 10.1 Å². The van der Waals surface area contributed by atoms with Crippen LogP contribution in [-0.2, 0) is 0 Å². The molecular weight excluding hydrogens is 197 g/mol. The summed E-state index contributed by atoms with van der Waals surface area (Å²) in [6.07, 6.45) is 1.21. The molecule has 0 saturated carbocycles. The van der Waals surface area contributed by atoms with Crippen LogP contribution in [-0.4, -0.2) is 17.5 Å². The van der Waals surface area contributed by atoms with Crippen molar-refractivity contribution < 1.29 is 4.39 Å². The van der Waals surface area contributed by atoms with Crippen molar-refractivity contribution in [3.63, 3.8) is 0 Å². The topological polar surface area (TPSA) is 12.0 Å². The van der Waals surface area contributed by atoms with Gasteiger partial charge in [-0.25, -0.2) is 4.39 Å². The Balaban J connectivity index is 2.05. The molecule has 0 aromatic heterocycles. The predicted octanol–water partition coefficient (Wildman–Crippen LogP) is 3.05. The van der Waals surface area contributed by atoms with E-state index in [1.807, 2.05) is 23.9 Å². The molecule has 3 heteroatoms. The summed E-state index contributed by atoms with van der Waals surface area (Å²) in [7, 11) is 0. The van der Waals surface area contributed by atoms with Gasteiger partial charge in [-0.1, -0.05) is 0 Å². The molecule has 1 saturated heterocycles. The summed E-state index contributed by atoms with van der Waals surface area (Å²) in [5.74, 6) is 2.27. The Morgan fingerprint density at radius 3 is 3.00 bits per heavy atom. The molecule has 1 aliphatic heterocycles. The van der Waals surface area contributed by atoms with Gasteiger partial charge in [-0.2, -0.15) is 11.8 Å². The Labute approximate surface area is 88.1 Å². The molecule has 2 rings (SSSR count). The van der Waals surface area contributed by atoms with Crippen LogP contribution in [0.1, 0.15) is 12.0 Å². The second-order valence-electron chi connectivity index (χ2n) is 3.67. The monoisotopic (exact) mass is 211 g/mol. The molecular formula is C11H14FNS. The molecule has 1 aliphatic rings. The van der Waals surface area contributed by atoms with Crippen LogP contribution in [0, 0.1) is 12.7 Å². The first kappa shape index (κ1) is 9.84. The van der Waals surface area contributed by atoms with Crippen LogP contribution in [0.5, 0.6) is 0 Å². The van der Waals surface area contributed by atoms with Gasteiger partial charge in [-0.3, -0.25) is 0 Å². The van der Waals surface area contributed by atoms with E-state index in [4.69, 9.17) is 0 Å². The smallest absolute Gasteiger partial charge is 0.126 e. The van der Waals surface area contributed by atoms with E-state index in [1.54, 1.807) is 6.92 Å². The van der Waals surface area contributed by atoms with Crippen molar-refractivity contribution in [2.45, 2.75) is 19.4 Å². The van der Waals surface area contributed by atoms with E-state index in [0.717, 1.165) is 11.4 Å². The lowest BCUT2D eigenvalue weighted by molar-refractivity contribution is 0.618. The van der Waals surface area contributed by atoms with Crippen LogP contribution in [0.15, 0.2) is 18.2 Å². The summed E-state index contributed by atoms with van der Waals surface area (Å²) in [4.78, 5) is 0. The number of aryl methyl sites for hydroxylation is 1. The van der Waals surface area contributed by atoms with Gasteiger partial charge in [0.2, 0.25) is 0 Å². The van der Waals surface area contributed by atoms with Crippen molar-refractivity contribution in [3.05, 3.63) is 29.6 Å². The lowest BCUT2D eigenvalue weighted by atomic mass is 10.2. The van der Waals surface area contributed by atoms with E-state index in [1.165, 1.54) is 18.2 Å². The first-order chi connectivity index (χ1) is 6.75. The molecule has 0 amide bonds. The molecule has 1 aromatic rings. The number of hydrogen-bond donors (Lipinski definition) is 1. The molecule has 0 aliphatic carbocycles. The van der Waals surface area contributed by atoms with Gasteiger partial charge in [0, 0.05) is 17.5 Å². The summed E-state index contributed by atoms with van der Waals surface area (Å²) >= 11 is 1.97. The second-order valence-corrected chi connectivity index (χ2v) is 4.82. The van der Waals surface area contributed by atoms with Gasteiger partial charge >= 0.3 is 0 Å². The van der Waals surface area contributed by atoms with Gasteiger partial charge in [-0.05, 0) is 42.9 Å². The van der Waals surface area contributed by atoms with Crippen LogP contribution >= 0.6 is 11.8 Å². The normalized spacial score (nSPS) is 21.1. The quantitative estimate of drug-likeness (QED) is 0.807. The summed E-state index contributed by atoms with van der Waals surface area (Å²) in [6.45, 7) is 1.80. The third-order valence-corrected chi connectivity index (χ3v) is 3.62. The number of halogens is 1. The fourth-order valence-corrected chi connectivity index (χ4v) is 2.77. The lowest BCUT2D eigenvalue weighted by Gasteiger charge is -2.13. The highest BCUT2D eigenvalue weighted by atomic mass is 32.2. The molecule has 1 nitrogen and oxygen atoms in total. The second kappa shape index (κ2) is 4.22. The Hall–Kier alpha value is -0.700. The van der Waals surface area contributed by atoms with Crippen LogP contribution in [0.3, 0.4) is 0 Å². The summed E-state index contributed by atoms with van der Waals surface area (Å²) < 4.78 is 13.0. The van der Waals surface area contributed by atoms with E-state index in [-0.39, 0.29) is 5.82 Å². The zero-order chi connectivity index (χ0) is 9.97. The fraction of sp³-hybridized carbons (Fsp3) is 0.455. The van der Waals surface area contributed by atoms with Gasteiger partial charge in [0.25, 0.3) is 0 Å². The average Bonchev–Trinajstić information content (AvgIpc) is 2.64. The molecule has 0 radical (unpaired) electrons. The fourth-order valence-electron chi connectivity index (χ4n) is 1.62. The van der Waals surface area contributed by atoms with Crippen LogP contribution in [0.2, 0.25) is 0 Å². The number of nitrogens with one attached hydrogen (secondary N) is 1. The van der Waals surface area contributed by atoms with Crippen molar-refractivity contribution in [2.24, 2.45) is 0 Å². The van der Waals surface area contributed by atoms with Gasteiger partial charge in [0.05, 0.1) is 0 Å². The molecule has 1 heterocycles. The maximum Gasteiger partial charge on any atom is 0.126 e. The Morgan fingerprint density at radius 2 is 2.36 bits per heavy atom. The highest BCUT2D eigenvalue weighted by Gasteiger charge is 2.14. The molecule has 1 N–H and O–H groups in total. The molecule has 0 unspecified atom stereocenters. The van der Waals surface area contributed by atoms with E-state index < -0.39 is 0 Å². The maximum absolute atomic E-state index is 13.0. The average molecular weight is 211 g/mol. The van der Waals surface area contributed by atoms with E-state index >= 15 is 0 Å². The van der Waals surface area contributed by atoms with Gasteiger partial charge < -0.3 is 5.32 Å². The highest BCUT2D eigenvalue weighted by Crippen LogP contribution is 2.22. The largest absolute Gasteiger partial charge is 0.381 e. The molecule has 1 aromatic carbocycles. The van der Waals surface area contributed by atoms with Crippen molar-refractivity contribution in [3.8, 4) is 0 Å². The Morgan fingerprint density at radius 1 is 1.50 bits per heavy atom. The summed E-state index contributed by atoms with van der Waals surface area (Å²) in [5.41, 5.74) is 1.75. The standard InChI is InChI=1S/C11H14FNS/c1-8-6-9(2-3-11(8)12)13-10-4-5-14-7-10/h2-3,6,10,13H,4-5,7H2,1H3/t10-/m0/s1. The minimum absolute atomic E-state index is 0.128. The zero-order valence-electron chi connectivity index (χ0n) is 8.22. The number of anilines is 1. The summed E-state index contributed by atoms with van der Waals surface area (Å²) in [5, 5.41) is 3.42. The van der Waals surface area contributed by atoms with Crippen molar-refractivity contribution in [1.29, 1.82) is 0 Å². The molecule has 1 fully saturated rings. The number of hydrogen-bond acceptors (Lipinski definition) is 2. The Kier molecular flexibility index (Phi) is 2.96. The molecule has 1 atom stereocenters. The third kappa shape index (κ3) is 2.21. The number of thioether (sulfide) groups is 1. The van der Waals surface area contributed by atoms with Crippen LogP contribution < -0.4 is 5.32 Å². The van der Waals surface area contributed by atoms with Crippen molar-refractivity contribution >= 4 is 17.4 Å². The van der Waals surface area contributed by atoms with Crippen molar-refractivity contribution in [1.82, 2.24) is 0 Å². The van der Waals surface area contributed by atoms with Gasteiger partial charge in [0.15, 0.2) is 0 Å². The van der Waals surface area contributed by atoms with Crippen molar-refractivity contribution in [2.75, 3.05) is 16.8 Å². The predicted molar refractivity (Wildman–Crippen MR) is 60.5 cm³/mol. The Bertz CT molecular complexity index is 321. The molecule has 76 valence electrons. The number of rotatable bonds is 2. The maximum atomic E-state index is 13.0. The zero-order valence-corrected chi connectivity index (χ0v) is 9.03. The van der Waals surface area contributed by atoms with E-state index in [0.29, 0.717) is 11.6 Å². The molecule has 14 heavy (non-hydrogen) atoms. The van der Waals surface area contributed by atoms with E-state index in [2.05, 4.69) is 5.32 Å². The van der Waals surface area contributed by atoms with Crippen LogP contribution in [0.25, 0.3) is 0 Å². The minimum atomic E-state index is -0.128. The van der Waals surface area contributed by atoms with Gasteiger partial charge in [0.1, 0.15) is 5.82 Å². The number of benzene rings is 1. The minimum Gasteiger partial charge on any atom is -0.381 e. The first-order valence-electron chi connectivity index (χ1n) is 4.86. The lowest BCUT2D eigenvalue weighted by Crippen LogP contribution is -2.18. The molecule has 0 spiro atoms. The first-order valence-corrected chi connectivity index (χ1v) is 6.01. The summed E-state index contributed by atoms with van der Waals surface area (Å²) in [6, 6.07) is 5.77.